The SMILES string of the molecule is Oc1cnc(CC2CCCCC2)[nH]1. The van der Waals surface area contributed by atoms with Gasteiger partial charge in [-0.1, -0.05) is 32.1 Å². The number of nitrogens with zero attached hydrogens (tertiary/aromatic N) is 1. The molecule has 0 aliphatic heterocycles. The molecule has 0 amide bonds. The summed E-state index contributed by atoms with van der Waals surface area (Å²) in [5, 5.41) is 9.06. The number of hydrogen-bond donors (Lipinski definition) is 2. The highest BCUT2D eigenvalue weighted by atomic mass is 16.3. The summed E-state index contributed by atoms with van der Waals surface area (Å²) >= 11 is 0. The number of imidazole rings is 1. The van der Waals surface area contributed by atoms with Crippen molar-refractivity contribution in [2.24, 2.45) is 5.92 Å². The Morgan fingerprint density at radius 3 is 2.77 bits per heavy atom. The van der Waals surface area contributed by atoms with Crippen LogP contribution in [0.5, 0.6) is 5.88 Å². The molecule has 1 heterocycles. The van der Waals surface area contributed by atoms with E-state index in [1.165, 1.54) is 38.3 Å². The van der Waals surface area contributed by atoms with Gasteiger partial charge < -0.3 is 10.1 Å². The third-order valence-corrected chi connectivity index (χ3v) is 2.82. The number of rotatable bonds is 2. The van der Waals surface area contributed by atoms with Gasteiger partial charge in [0.15, 0.2) is 0 Å². The summed E-state index contributed by atoms with van der Waals surface area (Å²) in [6.07, 6.45) is 9.23. The molecule has 2 rings (SSSR count). The summed E-state index contributed by atoms with van der Waals surface area (Å²) in [6, 6.07) is 0. The number of aromatic amines is 1. The molecule has 0 atom stereocenters. The quantitative estimate of drug-likeness (QED) is 0.733. The Morgan fingerprint density at radius 1 is 1.38 bits per heavy atom. The Kier molecular flexibility index (Phi) is 2.52. The second-order valence-electron chi connectivity index (χ2n) is 3.92. The van der Waals surface area contributed by atoms with Gasteiger partial charge in [0.05, 0.1) is 6.20 Å². The highest BCUT2D eigenvalue weighted by Crippen LogP contribution is 2.26. The number of H-pyrrole nitrogens is 1. The highest BCUT2D eigenvalue weighted by Gasteiger charge is 2.15. The normalized spacial score (nSPS) is 19.1. The van der Waals surface area contributed by atoms with Crippen molar-refractivity contribution in [1.82, 2.24) is 9.97 Å². The number of aromatic hydroxyl groups is 1. The molecule has 0 unspecified atom stereocenters. The van der Waals surface area contributed by atoms with Crippen LogP contribution < -0.4 is 0 Å². The minimum atomic E-state index is 0.186. The number of aromatic nitrogens is 2. The minimum Gasteiger partial charge on any atom is -0.493 e. The first-order chi connectivity index (χ1) is 6.34. The number of nitrogens with one attached hydrogen (secondary N) is 1. The second kappa shape index (κ2) is 3.81. The van der Waals surface area contributed by atoms with Crippen molar-refractivity contribution in [3.63, 3.8) is 0 Å². The lowest BCUT2D eigenvalue weighted by Gasteiger charge is -2.20. The van der Waals surface area contributed by atoms with Crippen LogP contribution in [0.1, 0.15) is 37.9 Å². The Morgan fingerprint density at radius 2 is 2.15 bits per heavy atom. The maximum absolute atomic E-state index is 9.06. The van der Waals surface area contributed by atoms with E-state index in [0.29, 0.717) is 0 Å². The summed E-state index contributed by atoms with van der Waals surface area (Å²) in [5.41, 5.74) is 0. The van der Waals surface area contributed by atoms with E-state index >= 15 is 0 Å². The molecule has 0 radical (unpaired) electrons. The third-order valence-electron chi connectivity index (χ3n) is 2.82. The van der Waals surface area contributed by atoms with Crippen molar-refractivity contribution in [3.05, 3.63) is 12.0 Å². The first-order valence-electron chi connectivity index (χ1n) is 5.07. The lowest BCUT2D eigenvalue weighted by atomic mass is 9.87. The lowest BCUT2D eigenvalue weighted by molar-refractivity contribution is 0.351. The first-order valence-corrected chi connectivity index (χ1v) is 5.07. The van der Waals surface area contributed by atoms with Crippen LogP contribution in [-0.2, 0) is 6.42 Å². The van der Waals surface area contributed by atoms with Gasteiger partial charge in [-0.25, -0.2) is 4.98 Å². The van der Waals surface area contributed by atoms with Crippen molar-refractivity contribution in [2.45, 2.75) is 38.5 Å². The first kappa shape index (κ1) is 8.60. The molecule has 3 nitrogen and oxygen atoms in total. The van der Waals surface area contributed by atoms with E-state index in [4.69, 9.17) is 5.11 Å². The lowest BCUT2D eigenvalue weighted by Crippen LogP contribution is -2.09. The number of hydrogen-bond acceptors (Lipinski definition) is 2. The van der Waals surface area contributed by atoms with Gasteiger partial charge in [-0.2, -0.15) is 0 Å². The van der Waals surface area contributed by atoms with Gasteiger partial charge in [-0.3, -0.25) is 0 Å². The molecular formula is C10H16N2O. The summed E-state index contributed by atoms with van der Waals surface area (Å²) in [4.78, 5) is 6.97. The largest absolute Gasteiger partial charge is 0.493 e. The third kappa shape index (κ3) is 2.23. The van der Waals surface area contributed by atoms with Crippen LogP contribution in [0.3, 0.4) is 0 Å². The van der Waals surface area contributed by atoms with Gasteiger partial charge in [0.2, 0.25) is 5.88 Å². The van der Waals surface area contributed by atoms with Crippen LogP contribution in [-0.4, -0.2) is 15.1 Å². The fourth-order valence-corrected chi connectivity index (χ4v) is 2.12. The predicted octanol–water partition coefficient (Wildman–Crippen LogP) is 2.24. The highest BCUT2D eigenvalue weighted by molar-refractivity contribution is 5.05. The molecule has 1 aromatic rings. The fourth-order valence-electron chi connectivity index (χ4n) is 2.12. The molecule has 0 bridgehead atoms. The average molecular weight is 180 g/mol. The van der Waals surface area contributed by atoms with Crippen molar-refractivity contribution in [2.75, 3.05) is 0 Å². The summed E-state index contributed by atoms with van der Waals surface area (Å²) in [6.45, 7) is 0. The van der Waals surface area contributed by atoms with E-state index in [-0.39, 0.29) is 5.88 Å². The molecule has 72 valence electrons. The molecule has 1 aliphatic rings. The van der Waals surface area contributed by atoms with Crippen molar-refractivity contribution < 1.29 is 5.11 Å². The van der Waals surface area contributed by atoms with Crippen LogP contribution >= 0.6 is 0 Å². The Labute approximate surface area is 78.2 Å². The fraction of sp³-hybridized carbons (Fsp3) is 0.700. The summed E-state index contributed by atoms with van der Waals surface area (Å²) in [7, 11) is 0. The molecular weight excluding hydrogens is 164 g/mol. The van der Waals surface area contributed by atoms with Crippen LogP contribution in [0.15, 0.2) is 6.20 Å². The second-order valence-corrected chi connectivity index (χ2v) is 3.92. The van der Waals surface area contributed by atoms with Crippen LogP contribution in [0.25, 0.3) is 0 Å². The van der Waals surface area contributed by atoms with E-state index in [2.05, 4.69) is 9.97 Å². The smallest absolute Gasteiger partial charge is 0.208 e. The van der Waals surface area contributed by atoms with E-state index < -0.39 is 0 Å². The van der Waals surface area contributed by atoms with E-state index in [9.17, 15) is 0 Å². The maximum atomic E-state index is 9.06. The van der Waals surface area contributed by atoms with Gasteiger partial charge in [0.1, 0.15) is 5.82 Å². The molecule has 3 heteroatoms. The topological polar surface area (TPSA) is 48.9 Å². The maximum Gasteiger partial charge on any atom is 0.208 e. The van der Waals surface area contributed by atoms with Crippen LogP contribution in [0.2, 0.25) is 0 Å². The van der Waals surface area contributed by atoms with Crippen molar-refractivity contribution in [1.29, 1.82) is 0 Å². The standard InChI is InChI=1S/C10H16N2O/c13-10-7-11-9(12-10)6-8-4-2-1-3-5-8/h7-8,13H,1-6H2,(H,11,12). The van der Waals surface area contributed by atoms with Crippen molar-refractivity contribution in [3.8, 4) is 5.88 Å². The molecule has 0 saturated heterocycles. The zero-order valence-electron chi connectivity index (χ0n) is 7.79. The molecule has 2 N–H and O–H groups in total. The molecule has 1 aliphatic carbocycles. The Bertz CT molecular complexity index is 264. The van der Waals surface area contributed by atoms with Crippen LogP contribution in [0, 0.1) is 5.92 Å². The van der Waals surface area contributed by atoms with Gasteiger partial charge in [-0.15, -0.1) is 0 Å². The molecule has 1 saturated carbocycles. The average Bonchev–Trinajstić information content (AvgIpc) is 2.53. The van der Waals surface area contributed by atoms with Crippen molar-refractivity contribution >= 4 is 0 Å². The summed E-state index contributed by atoms with van der Waals surface area (Å²) in [5.74, 6) is 1.90. The predicted molar refractivity (Wildman–Crippen MR) is 50.5 cm³/mol. The zero-order valence-corrected chi connectivity index (χ0v) is 7.79. The minimum absolute atomic E-state index is 0.186. The van der Waals surface area contributed by atoms with E-state index in [1.54, 1.807) is 0 Å². The molecule has 1 fully saturated rings. The molecule has 0 spiro atoms. The molecule has 0 aromatic carbocycles. The zero-order chi connectivity index (χ0) is 9.10. The van der Waals surface area contributed by atoms with E-state index in [0.717, 1.165) is 18.2 Å². The monoisotopic (exact) mass is 180 g/mol. The Hall–Kier alpha value is -0.990. The molecule has 13 heavy (non-hydrogen) atoms. The van der Waals surface area contributed by atoms with Crippen LogP contribution in [0.4, 0.5) is 0 Å². The van der Waals surface area contributed by atoms with Gasteiger partial charge >= 0.3 is 0 Å². The Balaban J connectivity index is 1.89. The molecule has 1 aromatic heterocycles. The van der Waals surface area contributed by atoms with Gasteiger partial charge in [0, 0.05) is 6.42 Å². The van der Waals surface area contributed by atoms with Gasteiger partial charge in [0.25, 0.3) is 0 Å². The van der Waals surface area contributed by atoms with E-state index in [1.807, 2.05) is 0 Å². The van der Waals surface area contributed by atoms with Gasteiger partial charge in [-0.05, 0) is 5.92 Å². The summed E-state index contributed by atoms with van der Waals surface area (Å²) < 4.78 is 0.